The van der Waals surface area contributed by atoms with Gasteiger partial charge in [0.2, 0.25) is 4.34 Å². The van der Waals surface area contributed by atoms with Crippen molar-refractivity contribution in [3.05, 3.63) is 87.4 Å². The average molecular weight is 969 g/mol. The molecule has 1 aliphatic rings. The van der Waals surface area contributed by atoms with Gasteiger partial charge in [-0.3, -0.25) is 0 Å². The lowest BCUT2D eigenvalue weighted by Gasteiger charge is -2.25. The molecule has 4 amide bonds. The maximum Gasteiger partial charge on any atom is 0.387 e. The molecule has 1 fully saturated rings. The Morgan fingerprint density at radius 1 is 0.846 bits per heavy atom. The summed E-state index contributed by atoms with van der Waals surface area (Å²) in [4.78, 5) is 33.5. The number of thiazole rings is 1. The van der Waals surface area contributed by atoms with Crippen LogP contribution in [-0.2, 0) is 32.0 Å². The Hall–Kier alpha value is -4.71. The van der Waals surface area contributed by atoms with Gasteiger partial charge in [0.25, 0.3) is 0 Å². The fourth-order valence-electron chi connectivity index (χ4n) is 7.14. The van der Waals surface area contributed by atoms with E-state index in [1.165, 1.54) is 56.4 Å². The molecule has 4 unspecified atom stereocenters. The number of rotatable bonds is 18. The zero-order valence-electron chi connectivity index (χ0n) is 37.3. The number of halogens is 4. The van der Waals surface area contributed by atoms with Crippen molar-refractivity contribution in [2.45, 2.75) is 126 Å². The van der Waals surface area contributed by atoms with Crippen molar-refractivity contribution in [3.63, 3.8) is 0 Å². The molecule has 0 saturated heterocycles. The van der Waals surface area contributed by atoms with E-state index in [0.29, 0.717) is 59.4 Å². The number of carbonyl (C=O) groups excluding carboxylic acids is 2. The molecule has 0 spiro atoms. The molecule has 1 aliphatic carbocycles. The number of aliphatic hydroxyl groups is 1. The van der Waals surface area contributed by atoms with Gasteiger partial charge in [-0.2, -0.15) is 17.6 Å². The van der Waals surface area contributed by atoms with Crippen molar-refractivity contribution in [2.75, 3.05) is 24.7 Å². The highest BCUT2D eigenvalue weighted by molar-refractivity contribution is 7.93. The van der Waals surface area contributed by atoms with Crippen LogP contribution in [0.2, 0.25) is 0 Å². The van der Waals surface area contributed by atoms with Crippen LogP contribution in [0.4, 0.5) is 38.5 Å². The lowest BCUT2D eigenvalue weighted by atomic mass is 9.85. The van der Waals surface area contributed by atoms with Crippen molar-refractivity contribution in [1.29, 1.82) is 0 Å². The first-order valence-corrected chi connectivity index (χ1v) is 24.6. The Morgan fingerprint density at radius 3 is 1.82 bits per heavy atom. The van der Waals surface area contributed by atoms with Crippen LogP contribution in [0.3, 0.4) is 0 Å². The van der Waals surface area contributed by atoms with Crippen LogP contribution in [0.5, 0.6) is 11.5 Å². The number of nitrogens with one attached hydrogen (secondary N) is 2. The van der Waals surface area contributed by atoms with Gasteiger partial charge in [-0.15, -0.1) is 20.1 Å². The number of ether oxygens (including phenoxy) is 2. The van der Waals surface area contributed by atoms with E-state index in [0.717, 1.165) is 16.9 Å². The monoisotopic (exact) mass is 968 g/mol. The molecule has 1 saturated carbocycles. The van der Waals surface area contributed by atoms with Gasteiger partial charge >= 0.3 is 25.3 Å². The second-order valence-corrected chi connectivity index (χ2v) is 21.9. The molecule has 15 nitrogen and oxygen atoms in total. The molecule has 4 aromatic rings. The molecule has 0 radical (unpaired) electrons. The number of nitrogens with two attached hydrogens (primary N) is 2. The van der Waals surface area contributed by atoms with Gasteiger partial charge in [-0.25, -0.2) is 33.3 Å². The van der Waals surface area contributed by atoms with Gasteiger partial charge in [0.1, 0.15) is 21.4 Å². The van der Waals surface area contributed by atoms with Crippen LogP contribution in [-0.4, -0.2) is 62.8 Å². The van der Waals surface area contributed by atoms with E-state index in [1.54, 1.807) is 39.8 Å². The first-order chi connectivity index (χ1) is 30.2. The SMILES string of the molecule is CC(C)c1cc(OC(F)F)cc(C(C)CCC(C)c2cc(OC(F)F)cc(C3CC3)c2NC(=O)N=S(N)(=O)c2ccc(CN(C)C)cc2)c1NC(=O)N=S(N)(=O)c1ncc(C(C)(C)O)s1. The largest absolute Gasteiger partial charge is 0.435 e. The normalized spacial score (nSPS) is 15.9. The van der Waals surface area contributed by atoms with E-state index >= 15 is 0 Å². The number of hydrogen-bond donors (Lipinski definition) is 5. The van der Waals surface area contributed by atoms with E-state index in [-0.39, 0.29) is 43.9 Å². The summed E-state index contributed by atoms with van der Waals surface area (Å²) in [5.41, 5.74) is 1.76. The smallest absolute Gasteiger partial charge is 0.387 e. The molecule has 1 heterocycles. The number of hydrogen-bond acceptors (Lipinski definition) is 10. The van der Waals surface area contributed by atoms with Crippen LogP contribution in [0.1, 0.15) is 124 Å². The number of benzene rings is 3. The highest BCUT2D eigenvalue weighted by Crippen LogP contribution is 2.48. The Labute approximate surface area is 381 Å². The second kappa shape index (κ2) is 20.9. The number of urea groups is 2. The van der Waals surface area contributed by atoms with E-state index in [1.807, 2.05) is 19.0 Å². The quantitative estimate of drug-likeness (QED) is 0.0597. The van der Waals surface area contributed by atoms with E-state index < -0.39 is 62.6 Å². The topological polar surface area (TPSA) is 224 Å². The summed E-state index contributed by atoms with van der Waals surface area (Å²) in [7, 11) is -3.83. The standard InChI is InChI=1S/C43H56F4N8O7S3/c1-23(2)31-17-28(61-38(44)45)18-32(36(31)51-41(57)54-65(49,60)42-50-21-35(63-42)43(5,6)58)24(3)9-10-25(4)33-19-29(62-39(46)47)20-34(27-13-14-27)37(33)52-40(56)53-64(48,59)30-15-11-26(12-16-30)22-55(7)8/h11-12,15-21,23-25,27,38-39,58H,9-10,13-14,22H2,1-8H3,(H3,48,52,53,56,59)(H3,49,51,54,57,60). The van der Waals surface area contributed by atoms with Crippen molar-refractivity contribution in [3.8, 4) is 11.5 Å². The van der Waals surface area contributed by atoms with Crippen LogP contribution in [0.25, 0.3) is 0 Å². The van der Waals surface area contributed by atoms with Crippen molar-refractivity contribution >= 4 is 54.6 Å². The van der Waals surface area contributed by atoms with E-state index in [9.17, 15) is 40.7 Å². The van der Waals surface area contributed by atoms with E-state index in [4.69, 9.17) is 19.8 Å². The number of nitrogens with zero attached hydrogens (tertiary/aromatic N) is 4. The summed E-state index contributed by atoms with van der Waals surface area (Å²) in [6.45, 7) is 4.41. The number of alkyl halides is 4. The number of aromatic nitrogens is 1. The summed E-state index contributed by atoms with van der Waals surface area (Å²) in [5.74, 6) is -1.81. The van der Waals surface area contributed by atoms with Crippen LogP contribution >= 0.6 is 11.3 Å². The summed E-state index contributed by atoms with van der Waals surface area (Å²) in [6, 6.07) is 9.96. The lowest BCUT2D eigenvalue weighted by molar-refractivity contribution is -0.0506. The average Bonchev–Trinajstić information content (AvgIpc) is 3.89. The number of carbonyl (C=O) groups is 2. The molecule has 22 heteroatoms. The Balaban J connectivity index is 1.49. The van der Waals surface area contributed by atoms with Crippen LogP contribution < -0.4 is 30.4 Å². The number of anilines is 2. The fourth-order valence-corrected chi connectivity index (χ4v) is 10.1. The van der Waals surface area contributed by atoms with Gasteiger partial charge in [0, 0.05) is 24.1 Å². The van der Waals surface area contributed by atoms with Crippen LogP contribution in [0, 0.1) is 0 Å². The third kappa shape index (κ3) is 13.9. The summed E-state index contributed by atoms with van der Waals surface area (Å²) in [5, 5.41) is 27.9. The molecule has 4 atom stereocenters. The zero-order chi connectivity index (χ0) is 48.2. The fraction of sp³-hybridized carbons (Fsp3) is 0.465. The van der Waals surface area contributed by atoms with Gasteiger partial charge in [0.15, 0.2) is 9.92 Å². The summed E-state index contributed by atoms with van der Waals surface area (Å²) >= 11 is 0.827. The highest BCUT2D eigenvalue weighted by atomic mass is 32.2. The highest BCUT2D eigenvalue weighted by Gasteiger charge is 2.32. The third-order valence-electron chi connectivity index (χ3n) is 10.5. The van der Waals surface area contributed by atoms with Gasteiger partial charge in [-0.1, -0.05) is 39.8 Å². The Bertz CT molecular complexity index is 2620. The van der Waals surface area contributed by atoms with Gasteiger partial charge < -0.3 is 30.1 Å². The molecule has 7 N–H and O–H groups in total. The summed E-state index contributed by atoms with van der Waals surface area (Å²) in [6.07, 6.45) is 3.29. The molecule has 1 aromatic heterocycles. The molecule has 0 bridgehead atoms. The van der Waals surface area contributed by atoms with Crippen molar-refractivity contribution in [1.82, 2.24) is 9.88 Å². The van der Waals surface area contributed by atoms with Gasteiger partial charge in [0.05, 0.1) is 15.4 Å². The van der Waals surface area contributed by atoms with Crippen molar-refractivity contribution < 1.29 is 50.1 Å². The molecule has 356 valence electrons. The molecule has 0 aliphatic heterocycles. The van der Waals surface area contributed by atoms with Crippen LogP contribution in [0.15, 0.2) is 72.7 Å². The second-order valence-electron chi connectivity index (χ2n) is 17.1. The number of amides is 4. The van der Waals surface area contributed by atoms with Crippen molar-refractivity contribution in [2.24, 2.45) is 19.0 Å². The first kappa shape index (κ1) is 51.3. The predicted octanol–water partition coefficient (Wildman–Crippen LogP) is 10.2. The minimum absolute atomic E-state index is 0.103. The maximum absolute atomic E-state index is 13.7. The summed E-state index contributed by atoms with van der Waals surface area (Å²) < 4.78 is 98.7. The Kier molecular flexibility index (Phi) is 16.4. The predicted molar refractivity (Wildman–Crippen MR) is 244 cm³/mol. The molecule has 5 rings (SSSR count). The Morgan fingerprint density at radius 2 is 1.34 bits per heavy atom. The third-order valence-corrected chi connectivity index (χ3v) is 15.0. The molecule has 65 heavy (non-hydrogen) atoms. The van der Waals surface area contributed by atoms with Gasteiger partial charge in [-0.05, 0) is 142 Å². The van der Waals surface area contributed by atoms with E-state index in [2.05, 4.69) is 24.3 Å². The minimum atomic E-state index is -3.90. The zero-order valence-corrected chi connectivity index (χ0v) is 39.7. The molecular weight excluding hydrogens is 913 g/mol. The first-order valence-electron chi connectivity index (χ1n) is 20.6. The maximum atomic E-state index is 13.7. The minimum Gasteiger partial charge on any atom is -0.435 e. The molecular formula is C43H56F4N8O7S3. The lowest BCUT2D eigenvalue weighted by Crippen LogP contribution is -2.20. The molecule has 3 aromatic carbocycles.